The lowest BCUT2D eigenvalue weighted by molar-refractivity contribution is -0.0329. The number of carbonyl (C=O) groups is 1. The summed E-state index contributed by atoms with van der Waals surface area (Å²) in [5, 5.41) is 5.71. The first-order chi connectivity index (χ1) is 11.5. The zero-order valence-corrected chi connectivity index (χ0v) is 15.1. The summed E-state index contributed by atoms with van der Waals surface area (Å²) in [5.41, 5.74) is 0.892. The van der Waals surface area contributed by atoms with Crippen LogP contribution in [0.15, 0.2) is 17.1 Å². The Kier molecular flexibility index (Phi) is 6.43. The molecule has 1 aromatic heterocycles. The Morgan fingerprint density at radius 1 is 1.42 bits per heavy atom. The Labute approximate surface area is 143 Å². The fourth-order valence-corrected chi connectivity index (χ4v) is 3.31. The number of carbonyl (C=O) groups excluding carboxylic acids is 1. The lowest BCUT2D eigenvalue weighted by Crippen LogP contribution is -2.46. The summed E-state index contributed by atoms with van der Waals surface area (Å²) in [7, 11) is 1.67. The Bertz CT molecular complexity index is 622. The minimum Gasteiger partial charge on any atom is -0.378 e. The first-order valence-corrected chi connectivity index (χ1v) is 8.81. The molecule has 1 fully saturated rings. The molecule has 0 saturated carbocycles. The van der Waals surface area contributed by atoms with E-state index in [1.165, 1.54) is 4.57 Å². The van der Waals surface area contributed by atoms with E-state index in [4.69, 9.17) is 4.74 Å². The van der Waals surface area contributed by atoms with Gasteiger partial charge in [-0.3, -0.25) is 4.79 Å². The van der Waals surface area contributed by atoms with Gasteiger partial charge in [0.15, 0.2) is 0 Å². The van der Waals surface area contributed by atoms with E-state index in [-0.39, 0.29) is 23.7 Å². The van der Waals surface area contributed by atoms with Gasteiger partial charge >= 0.3 is 6.03 Å². The third-order valence-corrected chi connectivity index (χ3v) is 4.94. The van der Waals surface area contributed by atoms with E-state index in [0.717, 1.165) is 31.2 Å². The first-order valence-electron chi connectivity index (χ1n) is 8.81. The van der Waals surface area contributed by atoms with E-state index in [1.807, 2.05) is 13.0 Å². The van der Waals surface area contributed by atoms with Crippen LogP contribution in [0.25, 0.3) is 0 Å². The smallest absolute Gasteiger partial charge is 0.319 e. The van der Waals surface area contributed by atoms with E-state index in [9.17, 15) is 9.59 Å². The second kappa shape index (κ2) is 8.33. The number of ether oxygens (including phenoxy) is 1. The van der Waals surface area contributed by atoms with Gasteiger partial charge in [0.05, 0.1) is 6.10 Å². The fourth-order valence-electron chi connectivity index (χ4n) is 3.31. The van der Waals surface area contributed by atoms with E-state index in [0.29, 0.717) is 18.2 Å². The summed E-state index contributed by atoms with van der Waals surface area (Å²) < 4.78 is 7.34. The van der Waals surface area contributed by atoms with Gasteiger partial charge in [0.25, 0.3) is 5.56 Å². The van der Waals surface area contributed by atoms with Crippen LogP contribution in [0, 0.1) is 12.8 Å². The van der Waals surface area contributed by atoms with Crippen LogP contribution in [0.1, 0.15) is 45.1 Å². The number of urea groups is 1. The number of nitrogens with one attached hydrogen (secondary N) is 2. The second-order valence-electron chi connectivity index (χ2n) is 6.60. The molecule has 0 spiro atoms. The quantitative estimate of drug-likeness (QED) is 0.869. The third kappa shape index (κ3) is 4.38. The van der Waals surface area contributed by atoms with Gasteiger partial charge in [0.1, 0.15) is 5.69 Å². The molecular weight excluding hydrogens is 306 g/mol. The zero-order chi connectivity index (χ0) is 17.7. The predicted molar refractivity (Wildman–Crippen MR) is 95.4 cm³/mol. The van der Waals surface area contributed by atoms with Crippen molar-refractivity contribution < 1.29 is 9.53 Å². The monoisotopic (exact) mass is 335 g/mol. The molecule has 6 heteroatoms. The van der Waals surface area contributed by atoms with Gasteiger partial charge < -0.3 is 19.9 Å². The summed E-state index contributed by atoms with van der Waals surface area (Å²) in [6.07, 6.45) is 5.69. The van der Waals surface area contributed by atoms with Crippen molar-refractivity contribution in [3.8, 4) is 0 Å². The maximum atomic E-state index is 12.3. The van der Waals surface area contributed by atoms with Gasteiger partial charge in [-0.05, 0) is 37.3 Å². The lowest BCUT2D eigenvalue weighted by Gasteiger charge is -2.34. The molecule has 2 atom stereocenters. The summed E-state index contributed by atoms with van der Waals surface area (Å²) >= 11 is 0. The average Bonchev–Trinajstić information content (AvgIpc) is 2.57. The third-order valence-electron chi connectivity index (χ3n) is 4.94. The molecular formula is C18H29N3O3. The van der Waals surface area contributed by atoms with Crippen molar-refractivity contribution in [1.82, 2.24) is 9.88 Å². The topological polar surface area (TPSA) is 72.4 Å². The minimum absolute atomic E-state index is 0.0808. The molecule has 0 bridgehead atoms. The number of anilines is 1. The lowest BCUT2D eigenvalue weighted by atomic mass is 9.89. The molecule has 2 N–H and O–H groups in total. The SMILES string of the molecule is CCC(CC)[C@@H]1C[C@H](NC(=O)Nc2c(C)ccn(C)c2=O)CCO1. The standard InChI is InChI=1S/C18H29N3O3/c1-5-13(6-2)15-11-14(8-10-24-15)19-18(23)20-16-12(3)7-9-21(4)17(16)22/h7,9,13-15H,5-6,8,10-11H2,1-4H3,(H2,19,20,23)/t14-,15+/m1/s1. The van der Waals surface area contributed by atoms with Crippen molar-refractivity contribution in [2.45, 2.75) is 58.6 Å². The highest BCUT2D eigenvalue weighted by molar-refractivity contribution is 5.90. The normalized spacial score (nSPS) is 20.9. The van der Waals surface area contributed by atoms with Gasteiger partial charge in [-0.1, -0.05) is 26.7 Å². The van der Waals surface area contributed by atoms with Crippen LogP contribution in [0.2, 0.25) is 0 Å². The molecule has 1 aliphatic heterocycles. The highest BCUT2D eigenvalue weighted by Gasteiger charge is 2.28. The minimum atomic E-state index is -0.323. The predicted octanol–water partition coefficient (Wildman–Crippen LogP) is 2.80. The summed E-state index contributed by atoms with van der Waals surface area (Å²) in [4.78, 5) is 24.4. The highest BCUT2D eigenvalue weighted by Crippen LogP contribution is 2.25. The Balaban J connectivity index is 1.98. The fraction of sp³-hybridized carbons (Fsp3) is 0.667. The van der Waals surface area contributed by atoms with Gasteiger partial charge in [-0.15, -0.1) is 0 Å². The Hall–Kier alpha value is -1.82. The Morgan fingerprint density at radius 3 is 2.79 bits per heavy atom. The molecule has 1 aliphatic rings. The van der Waals surface area contributed by atoms with Crippen molar-refractivity contribution in [3.63, 3.8) is 0 Å². The van der Waals surface area contributed by atoms with Crippen molar-refractivity contribution in [1.29, 1.82) is 0 Å². The maximum Gasteiger partial charge on any atom is 0.319 e. The summed E-state index contributed by atoms with van der Waals surface area (Å²) in [6, 6.07) is 1.57. The van der Waals surface area contributed by atoms with Crippen LogP contribution in [0.5, 0.6) is 0 Å². The molecule has 0 radical (unpaired) electrons. The number of hydrogen-bond acceptors (Lipinski definition) is 3. The average molecular weight is 335 g/mol. The number of aryl methyl sites for hydroxylation is 2. The number of pyridine rings is 1. The molecule has 134 valence electrons. The molecule has 2 rings (SSSR count). The molecule has 1 aromatic rings. The van der Waals surface area contributed by atoms with Gasteiger partial charge in [-0.25, -0.2) is 4.79 Å². The largest absolute Gasteiger partial charge is 0.378 e. The molecule has 1 saturated heterocycles. The van der Waals surface area contributed by atoms with Crippen LogP contribution >= 0.6 is 0 Å². The van der Waals surface area contributed by atoms with Gasteiger partial charge in [0.2, 0.25) is 0 Å². The van der Waals surface area contributed by atoms with Crippen LogP contribution in [0.4, 0.5) is 10.5 Å². The van der Waals surface area contributed by atoms with Gasteiger partial charge in [-0.2, -0.15) is 0 Å². The molecule has 2 heterocycles. The van der Waals surface area contributed by atoms with Crippen molar-refractivity contribution in [2.24, 2.45) is 13.0 Å². The highest BCUT2D eigenvalue weighted by atomic mass is 16.5. The Morgan fingerprint density at radius 2 is 2.12 bits per heavy atom. The number of rotatable bonds is 5. The second-order valence-corrected chi connectivity index (χ2v) is 6.60. The summed E-state index contributed by atoms with van der Waals surface area (Å²) in [5.74, 6) is 0.529. The molecule has 0 aromatic carbocycles. The van der Waals surface area contributed by atoms with Gasteiger partial charge in [0, 0.05) is 25.9 Å². The first kappa shape index (κ1) is 18.5. The number of hydrogen-bond donors (Lipinski definition) is 2. The molecule has 6 nitrogen and oxygen atoms in total. The molecule has 24 heavy (non-hydrogen) atoms. The molecule has 0 unspecified atom stereocenters. The van der Waals surface area contributed by atoms with Crippen molar-refractivity contribution in [3.05, 3.63) is 28.2 Å². The summed E-state index contributed by atoms with van der Waals surface area (Å²) in [6.45, 7) is 6.83. The molecule has 2 amide bonds. The van der Waals surface area contributed by atoms with E-state index in [2.05, 4.69) is 24.5 Å². The van der Waals surface area contributed by atoms with E-state index < -0.39 is 0 Å². The van der Waals surface area contributed by atoms with Crippen molar-refractivity contribution in [2.75, 3.05) is 11.9 Å². The van der Waals surface area contributed by atoms with Crippen LogP contribution in [-0.2, 0) is 11.8 Å². The zero-order valence-electron chi connectivity index (χ0n) is 15.1. The number of nitrogens with zero attached hydrogens (tertiary/aromatic N) is 1. The van der Waals surface area contributed by atoms with E-state index in [1.54, 1.807) is 13.2 Å². The van der Waals surface area contributed by atoms with Crippen LogP contribution < -0.4 is 16.2 Å². The number of aromatic nitrogens is 1. The maximum absolute atomic E-state index is 12.3. The van der Waals surface area contributed by atoms with Crippen molar-refractivity contribution >= 4 is 11.7 Å². The van der Waals surface area contributed by atoms with Crippen LogP contribution in [0.3, 0.4) is 0 Å². The molecule has 0 aliphatic carbocycles. The van der Waals surface area contributed by atoms with Crippen LogP contribution in [-0.4, -0.2) is 29.4 Å². The van der Waals surface area contributed by atoms with E-state index >= 15 is 0 Å². The number of amides is 2.